The summed E-state index contributed by atoms with van der Waals surface area (Å²) in [7, 11) is 0. The van der Waals surface area contributed by atoms with Gasteiger partial charge in [-0.1, -0.05) is 0 Å². The zero-order valence-electron chi connectivity index (χ0n) is 17.8. The highest BCUT2D eigenvalue weighted by Crippen LogP contribution is 2.44. The van der Waals surface area contributed by atoms with E-state index < -0.39 is 11.4 Å². The Morgan fingerprint density at radius 1 is 1.26 bits per heavy atom. The van der Waals surface area contributed by atoms with E-state index in [0.29, 0.717) is 51.6 Å². The number of aromatic nitrogens is 3. The van der Waals surface area contributed by atoms with E-state index in [1.807, 2.05) is 11.8 Å². The topological polar surface area (TPSA) is 88.5 Å². The molecule has 0 spiro atoms. The predicted molar refractivity (Wildman–Crippen MR) is 111 cm³/mol. The van der Waals surface area contributed by atoms with Crippen LogP contribution in [0.5, 0.6) is 0 Å². The van der Waals surface area contributed by atoms with Crippen LogP contribution < -0.4 is 4.90 Å². The molecule has 2 fully saturated rings. The quantitative estimate of drug-likeness (QED) is 0.546. The molecule has 4 heterocycles. The van der Waals surface area contributed by atoms with Crippen LogP contribution >= 0.6 is 0 Å². The second-order valence-electron chi connectivity index (χ2n) is 8.24. The third-order valence-electron chi connectivity index (χ3n) is 6.18. The summed E-state index contributed by atoms with van der Waals surface area (Å²) in [6, 6.07) is 2.66. The highest BCUT2D eigenvalue weighted by atomic mass is 19.1. The molecule has 0 saturated carbocycles. The van der Waals surface area contributed by atoms with Crippen molar-refractivity contribution in [2.45, 2.75) is 26.7 Å². The van der Waals surface area contributed by atoms with Crippen molar-refractivity contribution in [3.05, 3.63) is 47.8 Å². The van der Waals surface area contributed by atoms with Crippen molar-refractivity contribution in [2.75, 3.05) is 37.7 Å². The molecule has 0 bridgehead atoms. The summed E-state index contributed by atoms with van der Waals surface area (Å²) in [5.41, 5.74) is 0.481. The van der Waals surface area contributed by atoms with E-state index in [4.69, 9.17) is 4.74 Å². The van der Waals surface area contributed by atoms with E-state index in [9.17, 15) is 14.0 Å². The highest BCUT2D eigenvalue weighted by molar-refractivity contribution is 5.94. The molecule has 0 aliphatic carbocycles. The van der Waals surface area contributed by atoms with Crippen molar-refractivity contribution in [3.63, 3.8) is 0 Å². The monoisotopic (exact) mass is 427 g/mol. The first-order chi connectivity index (χ1) is 14.9. The largest absolute Gasteiger partial charge is 0.466 e. The minimum absolute atomic E-state index is 0.144. The fourth-order valence-electron chi connectivity index (χ4n) is 4.65. The van der Waals surface area contributed by atoms with E-state index in [1.165, 1.54) is 12.3 Å². The zero-order chi connectivity index (χ0) is 22.0. The fraction of sp³-hybridized carbons (Fsp3) is 0.500. The van der Waals surface area contributed by atoms with Crippen LogP contribution in [0.3, 0.4) is 0 Å². The van der Waals surface area contributed by atoms with Crippen LogP contribution in [-0.2, 0) is 9.53 Å². The van der Waals surface area contributed by atoms with Crippen LogP contribution in [0, 0.1) is 24.2 Å². The van der Waals surface area contributed by atoms with E-state index in [2.05, 4.69) is 15.0 Å². The molecule has 2 aromatic rings. The van der Waals surface area contributed by atoms with E-state index in [0.717, 1.165) is 11.6 Å². The van der Waals surface area contributed by atoms with Crippen molar-refractivity contribution >= 4 is 17.8 Å². The van der Waals surface area contributed by atoms with Gasteiger partial charge in [0.05, 0.1) is 12.0 Å². The molecule has 9 heteroatoms. The molecule has 0 unspecified atom stereocenters. The van der Waals surface area contributed by atoms with Gasteiger partial charge in [0.15, 0.2) is 0 Å². The molecule has 1 amide bonds. The number of esters is 1. The lowest BCUT2D eigenvalue weighted by Gasteiger charge is -2.31. The van der Waals surface area contributed by atoms with Gasteiger partial charge in [0.25, 0.3) is 5.91 Å². The third kappa shape index (κ3) is 4.08. The smallest absolute Gasteiger partial charge is 0.314 e. The molecule has 2 saturated heterocycles. The Balaban J connectivity index is 1.62. The summed E-state index contributed by atoms with van der Waals surface area (Å²) >= 11 is 0. The van der Waals surface area contributed by atoms with Gasteiger partial charge in [-0.2, -0.15) is 4.39 Å². The number of aryl methyl sites for hydroxylation is 1. The number of hydrogen-bond acceptors (Lipinski definition) is 7. The summed E-state index contributed by atoms with van der Waals surface area (Å²) in [4.78, 5) is 42.3. The summed E-state index contributed by atoms with van der Waals surface area (Å²) in [6.07, 6.45) is 6.04. The van der Waals surface area contributed by atoms with Crippen molar-refractivity contribution in [1.29, 1.82) is 0 Å². The molecular weight excluding hydrogens is 401 g/mol. The van der Waals surface area contributed by atoms with Gasteiger partial charge in [-0.05, 0) is 38.3 Å². The Labute approximate surface area is 180 Å². The summed E-state index contributed by atoms with van der Waals surface area (Å²) < 4.78 is 19.0. The van der Waals surface area contributed by atoms with Gasteiger partial charge >= 0.3 is 5.97 Å². The summed E-state index contributed by atoms with van der Waals surface area (Å²) in [5, 5.41) is 0. The first-order valence-corrected chi connectivity index (χ1v) is 10.5. The molecule has 2 aromatic heterocycles. The number of carbonyl (C=O) groups excluding carboxylic acids is 2. The number of halogens is 1. The van der Waals surface area contributed by atoms with Gasteiger partial charge in [0, 0.05) is 62.3 Å². The molecule has 0 N–H and O–H groups in total. The van der Waals surface area contributed by atoms with Crippen LogP contribution in [0.15, 0.2) is 30.7 Å². The minimum Gasteiger partial charge on any atom is -0.466 e. The van der Waals surface area contributed by atoms with Gasteiger partial charge in [-0.3, -0.25) is 9.59 Å². The number of amides is 1. The second kappa shape index (κ2) is 8.56. The van der Waals surface area contributed by atoms with Gasteiger partial charge in [0.2, 0.25) is 11.9 Å². The molecule has 0 radical (unpaired) electrons. The van der Waals surface area contributed by atoms with Crippen LogP contribution in [-0.4, -0.2) is 64.5 Å². The maximum atomic E-state index is 13.5. The molecule has 164 valence electrons. The number of hydrogen-bond donors (Lipinski definition) is 0. The molecule has 8 nitrogen and oxygen atoms in total. The fourth-order valence-corrected chi connectivity index (χ4v) is 4.65. The Bertz CT molecular complexity index is 970. The summed E-state index contributed by atoms with van der Waals surface area (Å²) in [5.74, 6) is -0.763. The molecule has 0 aromatic carbocycles. The first-order valence-electron chi connectivity index (χ1n) is 10.5. The molecular formula is C22H26FN5O3. The number of ether oxygens (including phenoxy) is 1. The van der Waals surface area contributed by atoms with Crippen molar-refractivity contribution in [2.24, 2.45) is 11.3 Å². The SMILES string of the molecule is CCOC(=O)[C@@]12CCCN(C(=O)c3ccnc(F)c3)C[C@H]1CN(c1ncc(C)cn1)C2. The molecule has 31 heavy (non-hydrogen) atoms. The maximum absolute atomic E-state index is 13.5. The number of fused-ring (bicyclic) bond motifs is 1. The lowest BCUT2D eigenvalue weighted by Crippen LogP contribution is -2.43. The second-order valence-corrected chi connectivity index (χ2v) is 8.24. The highest BCUT2D eigenvalue weighted by Gasteiger charge is 2.55. The number of carbonyl (C=O) groups is 2. The lowest BCUT2D eigenvalue weighted by molar-refractivity contribution is -0.157. The number of nitrogens with zero attached hydrogens (tertiary/aromatic N) is 5. The molecule has 2 atom stereocenters. The Morgan fingerprint density at radius 2 is 2.03 bits per heavy atom. The van der Waals surface area contributed by atoms with Crippen LogP contribution in [0.4, 0.5) is 10.3 Å². The number of likely N-dealkylation sites (tertiary alicyclic amines) is 1. The van der Waals surface area contributed by atoms with Crippen molar-refractivity contribution in [1.82, 2.24) is 19.9 Å². The normalized spacial score (nSPS) is 23.3. The van der Waals surface area contributed by atoms with Crippen LogP contribution in [0.25, 0.3) is 0 Å². The zero-order valence-corrected chi connectivity index (χ0v) is 17.8. The van der Waals surface area contributed by atoms with E-state index in [1.54, 1.807) is 24.2 Å². The van der Waals surface area contributed by atoms with Gasteiger partial charge in [-0.15, -0.1) is 0 Å². The van der Waals surface area contributed by atoms with Crippen molar-refractivity contribution < 1.29 is 18.7 Å². The van der Waals surface area contributed by atoms with Gasteiger partial charge in [-0.25, -0.2) is 15.0 Å². The summed E-state index contributed by atoms with van der Waals surface area (Å²) in [6.45, 7) is 5.88. The van der Waals surface area contributed by atoms with E-state index >= 15 is 0 Å². The predicted octanol–water partition coefficient (Wildman–Crippen LogP) is 2.24. The van der Waals surface area contributed by atoms with Crippen LogP contribution in [0.2, 0.25) is 0 Å². The Hall–Kier alpha value is -3.10. The number of anilines is 1. The van der Waals surface area contributed by atoms with Gasteiger partial charge < -0.3 is 14.5 Å². The Morgan fingerprint density at radius 3 is 2.74 bits per heavy atom. The number of pyridine rings is 1. The average molecular weight is 427 g/mol. The van der Waals surface area contributed by atoms with Crippen LogP contribution in [0.1, 0.15) is 35.7 Å². The average Bonchev–Trinajstić information content (AvgIpc) is 3.02. The molecule has 2 aliphatic rings. The van der Waals surface area contributed by atoms with Crippen molar-refractivity contribution in [3.8, 4) is 0 Å². The number of rotatable bonds is 4. The first kappa shape index (κ1) is 21.1. The van der Waals surface area contributed by atoms with E-state index in [-0.39, 0.29) is 23.4 Å². The van der Waals surface area contributed by atoms with Gasteiger partial charge in [0.1, 0.15) is 0 Å². The standard InChI is InChI=1S/C22H26FN5O3/c1-3-31-20(30)22-6-4-8-27(19(29)16-5-7-24-18(23)9-16)12-17(22)13-28(14-22)21-25-10-15(2)11-26-21/h5,7,9-11,17H,3-4,6,8,12-14H2,1-2H3/t17-,22+/m0/s1. The minimum atomic E-state index is -0.733. The maximum Gasteiger partial charge on any atom is 0.314 e. The molecule has 2 aliphatic heterocycles. The molecule has 4 rings (SSSR count). The Kier molecular flexibility index (Phi) is 5.84. The third-order valence-corrected chi connectivity index (χ3v) is 6.18. The lowest BCUT2D eigenvalue weighted by atomic mass is 9.75.